The molecule has 0 amide bonds. The van der Waals surface area contributed by atoms with E-state index in [9.17, 15) is 0 Å². The van der Waals surface area contributed by atoms with Crippen molar-refractivity contribution in [2.75, 3.05) is 11.9 Å². The van der Waals surface area contributed by atoms with Gasteiger partial charge in [0.1, 0.15) is 6.33 Å². The van der Waals surface area contributed by atoms with Crippen LogP contribution in [0.5, 0.6) is 0 Å². The van der Waals surface area contributed by atoms with Gasteiger partial charge >= 0.3 is 0 Å². The van der Waals surface area contributed by atoms with E-state index < -0.39 is 0 Å². The van der Waals surface area contributed by atoms with Gasteiger partial charge in [0.25, 0.3) is 0 Å². The molecule has 2 aromatic rings. The first-order valence-corrected chi connectivity index (χ1v) is 7.90. The van der Waals surface area contributed by atoms with Crippen molar-refractivity contribution in [1.29, 1.82) is 0 Å². The highest BCUT2D eigenvalue weighted by Gasteiger charge is 2.17. The summed E-state index contributed by atoms with van der Waals surface area (Å²) in [4.78, 5) is 0. The van der Waals surface area contributed by atoms with Gasteiger partial charge in [-0.1, -0.05) is 31.9 Å². The number of hydrogen-bond acceptors (Lipinski definition) is 3. The number of nitrogens with one attached hydrogen (secondary N) is 1. The number of aromatic nitrogens is 3. The van der Waals surface area contributed by atoms with Crippen molar-refractivity contribution in [2.45, 2.75) is 32.6 Å². The number of anilines is 1. The summed E-state index contributed by atoms with van der Waals surface area (Å²) in [5.41, 5.74) is 2.28. The van der Waals surface area contributed by atoms with E-state index in [1.807, 2.05) is 11.6 Å². The lowest BCUT2D eigenvalue weighted by atomic mass is 9.83. The van der Waals surface area contributed by atoms with Gasteiger partial charge in [-0.2, -0.15) is 0 Å². The molecule has 4 nitrogen and oxygen atoms in total. The van der Waals surface area contributed by atoms with Gasteiger partial charge in [-0.15, -0.1) is 10.2 Å². The number of hydrogen-bond donors (Lipinski definition) is 1. The number of nitrogens with zero attached hydrogens (tertiary/aromatic N) is 3. The van der Waals surface area contributed by atoms with E-state index in [4.69, 9.17) is 0 Å². The quantitative estimate of drug-likeness (QED) is 0.930. The van der Waals surface area contributed by atoms with Crippen molar-refractivity contribution in [3.8, 4) is 11.4 Å². The summed E-state index contributed by atoms with van der Waals surface area (Å²) in [6.45, 7) is 3.45. The van der Waals surface area contributed by atoms with Crippen LogP contribution < -0.4 is 5.32 Å². The molecular weight excluding hydrogens is 260 g/mol. The van der Waals surface area contributed by atoms with Gasteiger partial charge in [-0.3, -0.25) is 0 Å². The molecule has 4 heteroatoms. The minimum Gasteiger partial charge on any atom is -0.385 e. The van der Waals surface area contributed by atoms with Gasteiger partial charge < -0.3 is 9.88 Å². The summed E-state index contributed by atoms with van der Waals surface area (Å²) in [6.07, 6.45) is 7.21. The fraction of sp³-hybridized carbons (Fsp3) is 0.529. The number of aryl methyl sites for hydroxylation is 1. The molecule has 112 valence electrons. The van der Waals surface area contributed by atoms with Crippen LogP contribution >= 0.6 is 0 Å². The third-order valence-electron chi connectivity index (χ3n) is 4.56. The SMILES string of the molecule is CC1CCC(CNc2cccc(-c3nncn3C)c2)CC1. The molecule has 3 rings (SSSR count). The Morgan fingerprint density at radius 1 is 1.24 bits per heavy atom. The first-order valence-electron chi connectivity index (χ1n) is 7.90. The molecule has 1 saturated carbocycles. The Kier molecular flexibility index (Phi) is 4.23. The second-order valence-corrected chi connectivity index (χ2v) is 6.35. The molecule has 0 spiro atoms. The zero-order valence-corrected chi connectivity index (χ0v) is 12.9. The van der Waals surface area contributed by atoms with Crippen LogP contribution in [-0.2, 0) is 7.05 Å². The zero-order chi connectivity index (χ0) is 14.7. The van der Waals surface area contributed by atoms with Crippen molar-refractivity contribution >= 4 is 5.69 Å². The second kappa shape index (κ2) is 6.29. The summed E-state index contributed by atoms with van der Waals surface area (Å²) in [7, 11) is 1.97. The number of rotatable bonds is 4. The van der Waals surface area contributed by atoms with Crippen LogP contribution in [0, 0.1) is 11.8 Å². The Morgan fingerprint density at radius 3 is 2.76 bits per heavy atom. The summed E-state index contributed by atoms with van der Waals surface area (Å²) in [5.74, 6) is 2.64. The predicted octanol–water partition coefficient (Wildman–Crippen LogP) is 3.72. The molecule has 0 saturated heterocycles. The van der Waals surface area contributed by atoms with E-state index in [1.54, 1.807) is 6.33 Å². The van der Waals surface area contributed by atoms with Crippen LogP contribution in [0.3, 0.4) is 0 Å². The highest BCUT2D eigenvalue weighted by atomic mass is 15.2. The van der Waals surface area contributed by atoms with E-state index in [-0.39, 0.29) is 0 Å². The van der Waals surface area contributed by atoms with Crippen molar-refractivity contribution in [2.24, 2.45) is 18.9 Å². The zero-order valence-electron chi connectivity index (χ0n) is 12.9. The lowest BCUT2D eigenvalue weighted by molar-refractivity contribution is 0.300. The largest absolute Gasteiger partial charge is 0.385 e. The van der Waals surface area contributed by atoms with Crippen molar-refractivity contribution in [1.82, 2.24) is 14.8 Å². The van der Waals surface area contributed by atoms with Crippen LogP contribution in [-0.4, -0.2) is 21.3 Å². The van der Waals surface area contributed by atoms with Gasteiger partial charge in [0.05, 0.1) is 0 Å². The molecule has 0 radical (unpaired) electrons. The lowest BCUT2D eigenvalue weighted by Gasteiger charge is -2.26. The Morgan fingerprint density at radius 2 is 2.05 bits per heavy atom. The summed E-state index contributed by atoms with van der Waals surface area (Å²) in [5, 5.41) is 11.7. The maximum Gasteiger partial charge on any atom is 0.163 e. The molecule has 1 aromatic carbocycles. The summed E-state index contributed by atoms with van der Waals surface area (Å²) < 4.78 is 1.95. The normalized spacial score (nSPS) is 22.2. The van der Waals surface area contributed by atoms with E-state index in [2.05, 4.69) is 46.7 Å². The topological polar surface area (TPSA) is 42.7 Å². The fourth-order valence-corrected chi connectivity index (χ4v) is 3.11. The van der Waals surface area contributed by atoms with Gasteiger partial charge in [-0.05, 0) is 36.8 Å². The van der Waals surface area contributed by atoms with E-state index in [1.165, 1.54) is 31.4 Å². The van der Waals surface area contributed by atoms with Gasteiger partial charge in [0.2, 0.25) is 0 Å². The van der Waals surface area contributed by atoms with Gasteiger partial charge in [0.15, 0.2) is 5.82 Å². The molecule has 1 aromatic heterocycles. The maximum absolute atomic E-state index is 4.17. The molecule has 1 N–H and O–H groups in total. The van der Waals surface area contributed by atoms with Crippen LogP contribution in [0.15, 0.2) is 30.6 Å². The minimum absolute atomic E-state index is 0.819. The standard InChI is InChI=1S/C17H24N4/c1-13-6-8-14(9-7-13)11-18-16-5-3-4-15(10-16)17-20-19-12-21(17)2/h3-5,10,12-14,18H,6-9,11H2,1-2H3. The van der Waals surface area contributed by atoms with E-state index >= 15 is 0 Å². The first-order chi connectivity index (χ1) is 10.2. The van der Waals surface area contributed by atoms with Crippen molar-refractivity contribution in [3.63, 3.8) is 0 Å². The Hall–Kier alpha value is -1.84. The summed E-state index contributed by atoms with van der Waals surface area (Å²) in [6, 6.07) is 8.45. The molecule has 0 atom stereocenters. The molecule has 21 heavy (non-hydrogen) atoms. The number of benzene rings is 1. The third-order valence-corrected chi connectivity index (χ3v) is 4.56. The fourth-order valence-electron chi connectivity index (χ4n) is 3.11. The van der Waals surface area contributed by atoms with Crippen molar-refractivity contribution < 1.29 is 0 Å². The maximum atomic E-state index is 4.17. The van der Waals surface area contributed by atoms with Crippen LogP contribution in [0.4, 0.5) is 5.69 Å². The average Bonchev–Trinajstić information content (AvgIpc) is 2.93. The van der Waals surface area contributed by atoms with Crippen molar-refractivity contribution in [3.05, 3.63) is 30.6 Å². The molecule has 1 fully saturated rings. The predicted molar refractivity (Wildman–Crippen MR) is 86.1 cm³/mol. The molecule has 1 aliphatic carbocycles. The molecule has 0 aliphatic heterocycles. The van der Waals surface area contributed by atoms with Crippen LogP contribution in [0.25, 0.3) is 11.4 Å². The first kappa shape index (κ1) is 14.1. The monoisotopic (exact) mass is 284 g/mol. The van der Waals surface area contributed by atoms with Crippen LogP contribution in [0.2, 0.25) is 0 Å². The Labute approximate surface area is 126 Å². The molecule has 0 bridgehead atoms. The highest BCUT2D eigenvalue weighted by Crippen LogP contribution is 2.28. The molecule has 0 unspecified atom stereocenters. The van der Waals surface area contributed by atoms with E-state index in [0.29, 0.717) is 0 Å². The Bertz CT molecular complexity index is 582. The highest BCUT2D eigenvalue weighted by molar-refractivity contribution is 5.62. The molecule has 1 heterocycles. The lowest BCUT2D eigenvalue weighted by Crippen LogP contribution is -2.20. The molecular formula is C17H24N4. The minimum atomic E-state index is 0.819. The Balaban J connectivity index is 1.63. The molecule has 1 aliphatic rings. The van der Waals surface area contributed by atoms with Gasteiger partial charge in [-0.25, -0.2) is 0 Å². The van der Waals surface area contributed by atoms with E-state index in [0.717, 1.165) is 29.8 Å². The third kappa shape index (κ3) is 3.43. The van der Waals surface area contributed by atoms with Gasteiger partial charge in [0, 0.05) is 24.8 Å². The summed E-state index contributed by atoms with van der Waals surface area (Å²) >= 11 is 0. The second-order valence-electron chi connectivity index (χ2n) is 6.35. The smallest absolute Gasteiger partial charge is 0.163 e. The average molecular weight is 284 g/mol. The van der Waals surface area contributed by atoms with Crippen LogP contribution in [0.1, 0.15) is 32.6 Å².